The summed E-state index contributed by atoms with van der Waals surface area (Å²) in [4.78, 5) is 2.55. The molecule has 1 saturated carbocycles. The van der Waals surface area contributed by atoms with Gasteiger partial charge in [-0.25, -0.2) is 0 Å². The van der Waals surface area contributed by atoms with Crippen LogP contribution in [-0.4, -0.2) is 0 Å². The smallest absolute Gasteiger partial charge is 0.135 e. The number of hydrogen-bond donors (Lipinski definition) is 0. The van der Waals surface area contributed by atoms with E-state index < -0.39 is 5.41 Å². The molecule has 0 unspecified atom stereocenters. The highest BCUT2D eigenvalue weighted by atomic mass is 16.3. The van der Waals surface area contributed by atoms with Crippen LogP contribution in [0, 0.1) is 0 Å². The Labute approximate surface area is 392 Å². The van der Waals surface area contributed by atoms with Gasteiger partial charge in [-0.05, 0) is 122 Å². The number of rotatable bonds is 8. The molecule has 11 aromatic rings. The predicted molar refractivity (Wildman–Crippen MR) is 280 cm³/mol. The molecule has 0 amide bonds. The summed E-state index contributed by atoms with van der Waals surface area (Å²) < 4.78 is 6.36. The van der Waals surface area contributed by atoms with Crippen LogP contribution in [0.4, 0.5) is 17.1 Å². The quantitative estimate of drug-likeness (QED) is 0.151. The van der Waals surface area contributed by atoms with Gasteiger partial charge >= 0.3 is 0 Å². The van der Waals surface area contributed by atoms with Crippen LogP contribution in [-0.2, 0) is 5.41 Å². The van der Waals surface area contributed by atoms with E-state index >= 15 is 0 Å². The zero-order valence-electron chi connectivity index (χ0n) is 37.4. The molecule has 13 rings (SSSR count). The number of para-hydroxylation sites is 3. The van der Waals surface area contributed by atoms with Gasteiger partial charge in [-0.15, -0.1) is 0 Å². The zero-order valence-corrected chi connectivity index (χ0v) is 37.4. The number of fused-ring (bicyclic) bond motifs is 7. The molecule has 1 aromatic heterocycles. The van der Waals surface area contributed by atoms with Gasteiger partial charge in [0.05, 0.1) is 16.8 Å². The van der Waals surface area contributed by atoms with E-state index in [9.17, 15) is 0 Å². The summed E-state index contributed by atoms with van der Waals surface area (Å²) in [6, 6.07) is 85.6. The monoisotopic (exact) mass is 859 g/mol. The maximum atomic E-state index is 6.36. The summed E-state index contributed by atoms with van der Waals surface area (Å²) in [5.74, 6) is 0.555. The maximum Gasteiger partial charge on any atom is 0.135 e. The maximum absolute atomic E-state index is 6.36. The standard InChI is InChI=1S/C65H49NO/c1-4-20-44(21-5-1)51-32-18-22-45-23-19-33-56(64(45)51)54-30-12-16-36-61(54)66(60-35-15-11-28-50(60)46-38-41-63-57(42-46)55-31-13-17-37-62(55)67-63)49-39-40-53-52-29-10-14-34-58(52)65(59(53)43-49,47-24-6-2-7-25-47)48-26-8-3-9-27-48/h2-3,6-19,22-44H,1,4-5,20-21H2. The summed E-state index contributed by atoms with van der Waals surface area (Å²) in [6.07, 6.45) is 6.40. The van der Waals surface area contributed by atoms with Gasteiger partial charge in [0, 0.05) is 27.6 Å². The topological polar surface area (TPSA) is 16.4 Å². The van der Waals surface area contributed by atoms with Crippen molar-refractivity contribution in [1.82, 2.24) is 0 Å². The molecule has 0 atom stereocenters. The molecule has 0 radical (unpaired) electrons. The average molecular weight is 860 g/mol. The molecule has 320 valence electrons. The average Bonchev–Trinajstić information content (AvgIpc) is 3.93. The first-order chi connectivity index (χ1) is 33.3. The van der Waals surface area contributed by atoms with E-state index in [2.05, 4.69) is 229 Å². The fraction of sp³-hybridized carbons (Fsp3) is 0.108. The van der Waals surface area contributed by atoms with Crippen molar-refractivity contribution >= 4 is 49.8 Å². The molecule has 0 aliphatic heterocycles. The van der Waals surface area contributed by atoms with E-state index in [-0.39, 0.29) is 0 Å². The molecule has 2 aliphatic carbocycles. The van der Waals surface area contributed by atoms with Crippen molar-refractivity contribution in [3.8, 4) is 33.4 Å². The molecule has 0 spiro atoms. The molecule has 2 heteroatoms. The van der Waals surface area contributed by atoms with Crippen LogP contribution in [0.1, 0.15) is 65.8 Å². The molecular weight excluding hydrogens is 811 g/mol. The van der Waals surface area contributed by atoms with Gasteiger partial charge in [0.2, 0.25) is 0 Å². The number of nitrogens with zero attached hydrogens (tertiary/aromatic N) is 1. The largest absolute Gasteiger partial charge is 0.456 e. The van der Waals surface area contributed by atoms with E-state index in [1.165, 1.54) is 92.9 Å². The van der Waals surface area contributed by atoms with Crippen molar-refractivity contribution in [3.63, 3.8) is 0 Å². The minimum Gasteiger partial charge on any atom is -0.456 e. The Hall–Kier alpha value is -7.94. The van der Waals surface area contributed by atoms with E-state index in [0.29, 0.717) is 5.92 Å². The third-order valence-electron chi connectivity index (χ3n) is 14.9. The summed E-state index contributed by atoms with van der Waals surface area (Å²) >= 11 is 0. The number of hydrogen-bond acceptors (Lipinski definition) is 2. The molecule has 0 saturated heterocycles. The summed E-state index contributed by atoms with van der Waals surface area (Å²) in [6.45, 7) is 0. The first kappa shape index (κ1) is 39.4. The summed E-state index contributed by atoms with van der Waals surface area (Å²) in [5.41, 5.74) is 18.5. The van der Waals surface area contributed by atoms with Crippen LogP contribution in [0.5, 0.6) is 0 Å². The first-order valence-electron chi connectivity index (χ1n) is 24.0. The van der Waals surface area contributed by atoms with E-state index in [1.807, 2.05) is 6.07 Å². The highest BCUT2D eigenvalue weighted by Crippen LogP contribution is 2.58. The second-order valence-electron chi connectivity index (χ2n) is 18.5. The van der Waals surface area contributed by atoms with Crippen molar-refractivity contribution < 1.29 is 4.42 Å². The SMILES string of the molecule is c1ccc(C2(c3ccccc3)c3ccccc3-c3ccc(N(c4ccccc4-c4ccc5oc6ccccc6c5c4)c4ccccc4-c4cccc5cccc(C6CCCCC6)c45)cc32)cc1. The van der Waals surface area contributed by atoms with Crippen molar-refractivity contribution in [2.45, 2.75) is 43.4 Å². The van der Waals surface area contributed by atoms with Crippen LogP contribution in [0.3, 0.4) is 0 Å². The molecule has 10 aromatic carbocycles. The van der Waals surface area contributed by atoms with Crippen LogP contribution >= 0.6 is 0 Å². The molecule has 0 N–H and O–H groups in total. The highest BCUT2D eigenvalue weighted by Gasteiger charge is 2.46. The van der Waals surface area contributed by atoms with E-state index in [4.69, 9.17) is 4.42 Å². The molecule has 2 nitrogen and oxygen atoms in total. The number of anilines is 3. The Kier molecular flexibility index (Phi) is 9.53. The molecule has 1 heterocycles. The number of benzene rings is 10. The lowest BCUT2D eigenvalue weighted by Gasteiger charge is -2.35. The van der Waals surface area contributed by atoms with Gasteiger partial charge in [-0.1, -0.05) is 207 Å². The molecular formula is C65H49NO. The molecule has 67 heavy (non-hydrogen) atoms. The van der Waals surface area contributed by atoms with E-state index in [0.717, 1.165) is 50.1 Å². The van der Waals surface area contributed by atoms with Crippen molar-refractivity contribution in [2.75, 3.05) is 4.90 Å². The lowest BCUT2D eigenvalue weighted by molar-refractivity contribution is 0.445. The van der Waals surface area contributed by atoms with Gasteiger partial charge in [0.25, 0.3) is 0 Å². The van der Waals surface area contributed by atoms with Crippen LogP contribution in [0.25, 0.3) is 66.1 Å². The van der Waals surface area contributed by atoms with Gasteiger partial charge in [-0.3, -0.25) is 0 Å². The highest BCUT2D eigenvalue weighted by molar-refractivity contribution is 6.08. The lowest BCUT2D eigenvalue weighted by atomic mass is 9.67. The Bertz CT molecular complexity index is 3590. The van der Waals surface area contributed by atoms with E-state index in [1.54, 1.807) is 0 Å². The van der Waals surface area contributed by atoms with Crippen molar-refractivity contribution in [1.29, 1.82) is 0 Å². The molecule has 0 bridgehead atoms. The third kappa shape index (κ3) is 6.31. The first-order valence-corrected chi connectivity index (χ1v) is 24.0. The van der Waals surface area contributed by atoms with Gasteiger partial charge in [0.1, 0.15) is 11.2 Å². The van der Waals surface area contributed by atoms with Gasteiger partial charge < -0.3 is 9.32 Å². The van der Waals surface area contributed by atoms with Gasteiger partial charge in [-0.2, -0.15) is 0 Å². The fourth-order valence-electron chi connectivity index (χ4n) is 12.0. The summed E-state index contributed by atoms with van der Waals surface area (Å²) in [5, 5.41) is 4.92. The Morgan fingerprint density at radius 2 is 1.00 bits per heavy atom. The third-order valence-corrected chi connectivity index (χ3v) is 14.9. The zero-order chi connectivity index (χ0) is 44.3. The van der Waals surface area contributed by atoms with Gasteiger partial charge in [0.15, 0.2) is 0 Å². The van der Waals surface area contributed by atoms with Crippen LogP contribution in [0.2, 0.25) is 0 Å². The Morgan fingerprint density at radius 1 is 0.403 bits per heavy atom. The normalized spacial score (nSPS) is 14.3. The number of furan rings is 1. The second-order valence-corrected chi connectivity index (χ2v) is 18.5. The minimum absolute atomic E-state index is 0.549. The van der Waals surface area contributed by atoms with Crippen LogP contribution in [0.15, 0.2) is 235 Å². The fourth-order valence-corrected chi connectivity index (χ4v) is 12.0. The predicted octanol–water partition coefficient (Wildman–Crippen LogP) is 18.0. The van der Waals surface area contributed by atoms with Crippen molar-refractivity contribution in [3.05, 3.63) is 258 Å². The Balaban J connectivity index is 1.10. The van der Waals surface area contributed by atoms with Crippen molar-refractivity contribution in [2.24, 2.45) is 0 Å². The van der Waals surface area contributed by atoms with Crippen LogP contribution < -0.4 is 4.90 Å². The Morgan fingerprint density at radius 3 is 1.78 bits per heavy atom. The minimum atomic E-state index is -0.549. The summed E-state index contributed by atoms with van der Waals surface area (Å²) in [7, 11) is 0. The molecule has 1 fully saturated rings. The lowest BCUT2D eigenvalue weighted by Crippen LogP contribution is -2.28. The molecule has 2 aliphatic rings. The second kappa shape index (κ2) is 16.2.